The van der Waals surface area contributed by atoms with E-state index in [1.54, 1.807) is 4.90 Å². The fourth-order valence-corrected chi connectivity index (χ4v) is 2.91. The Balaban J connectivity index is 1.98. The summed E-state index contributed by atoms with van der Waals surface area (Å²) in [4.78, 5) is 18.0. The Kier molecular flexibility index (Phi) is 3.69. The summed E-state index contributed by atoms with van der Waals surface area (Å²) in [6.07, 6.45) is -0.296. The number of H-pyrrole nitrogens is 1. The number of nitrogens with zero attached hydrogens (tertiary/aromatic N) is 1. The molecule has 0 radical (unpaired) electrons. The van der Waals surface area contributed by atoms with Gasteiger partial charge in [-0.25, -0.2) is 0 Å². The first-order valence-electron chi connectivity index (χ1n) is 7.22. The Bertz CT molecular complexity index is 665. The number of aromatic nitrogens is 1. The van der Waals surface area contributed by atoms with Crippen LogP contribution in [0, 0.1) is 6.92 Å². The zero-order valence-electron chi connectivity index (χ0n) is 12.3. The van der Waals surface area contributed by atoms with Gasteiger partial charge in [0.05, 0.1) is 30.9 Å². The van der Waals surface area contributed by atoms with Crippen molar-refractivity contribution in [1.82, 2.24) is 9.88 Å². The number of hydrogen-bond donors (Lipinski definition) is 2. The molecule has 1 amide bonds. The van der Waals surface area contributed by atoms with Crippen LogP contribution in [0.1, 0.15) is 23.0 Å². The van der Waals surface area contributed by atoms with E-state index >= 15 is 0 Å². The van der Waals surface area contributed by atoms with Crippen LogP contribution in [0.15, 0.2) is 24.3 Å². The fraction of sp³-hybridized carbons (Fsp3) is 0.438. The predicted molar refractivity (Wildman–Crippen MR) is 80.4 cm³/mol. The molecular formula is C16H20N2O3. The van der Waals surface area contributed by atoms with Crippen molar-refractivity contribution in [3.8, 4) is 0 Å². The molecule has 5 nitrogen and oxygen atoms in total. The second kappa shape index (κ2) is 5.50. The number of morpholine rings is 1. The third kappa shape index (κ3) is 2.43. The molecule has 0 bridgehead atoms. The van der Waals surface area contributed by atoms with Crippen LogP contribution in [0.2, 0.25) is 0 Å². The standard InChI is InChI=1S/C16H20N2O3/c1-10-9-21-12(8-19)7-18(10)16(20)15-11(2)17-14-6-4-3-5-13(14)15/h3-6,10,12,17,19H,7-9H2,1-2H3. The minimum atomic E-state index is -0.296. The summed E-state index contributed by atoms with van der Waals surface area (Å²) < 4.78 is 5.50. The number of ether oxygens (including phenoxy) is 1. The van der Waals surface area contributed by atoms with E-state index < -0.39 is 0 Å². The normalized spacial score (nSPS) is 22.7. The number of amides is 1. The molecular weight excluding hydrogens is 268 g/mol. The van der Waals surface area contributed by atoms with Gasteiger partial charge < -0.3 is 19.7 Å². The van der Waals surface area contributed by atoms with Crippen molar-refractivity contribution in [3.05, 3.63) is 35.5 Å². The maximum atomic E-state index is 12.9. The Labute approximate surface area is 123 Å². The number of carbonyl (C=O) groups is 1. The molecule has 2 N–H and O–H groups in total. The monoisotopic (exact) mass is 288 g/mol. The summed E-state index contributed by atoms with van der Waals surface area (Å²) in [6, 6.07) is 7.82. The number of rotatable bonds is 2. The molecule has 1 fully saturated rings. The number of carbonyl (C=O) groups excluding carboxylic acids is 1. The van der Waals surface area contributed by atoms with Gasteiger partial charge in [-0.3, -0.25) is 4.79 Å². The summed E-state index contributed by atoms with van der Waals surface area (Å²) in [6.45, 7) is 4.70. The van der Waals surface area contributed by atoms with E-state index in [0.717, 1.165) is 22.2 Å². The van der Waals surface area contributed by atoms with E-state index in [2.05, 4.69) is 4.98 Å². The summed E-state index contributed by atoms with van der Waals surface area (Å²) >= 11 is 0. The number of aliphatic hydroxyl groups is 1. The summed E-state index contributed by atoms with van der Waals surface area (Å²) in [7, 11) is 0. The van der Waals surface area contributed by atoms with Gasteiger partial charge in [0.25, 0.3) is 5.91 Å². The van der Waals surface area contributed by atoms with Gasteiger partial charge in [-0.2, -0.15) is 0 Å². The minimum Gasteiger partial charge on any atom is -0.394 e. The highest BCUT2D eigenvalue weighted by Gasteiger charge is 2.31. The van der Waals surface area contributed by atoms with Gasteiger partial charge in [-0.15, -0.1) is 0 Å². The van der Waals surface area contributed by atoms with Crippen molar-refractivity contribution in [3.63, 3.8) is 0 Å². The van der Waals surface area contributed by atoms with E-state index in [-0.39, 0.29) is 24.7 Å². The third-order valence-electron chi connectivity index (χ3n) is 4.08. The highest BCUT2D eigenvalue weighted by molar-refractivity contribution is 6.08. The van der Waals surface area contributed by atoms with Crippen molar-refractivity contribution in [2.45, 2.75) is 26.0 Å². The summed E-state index contributed by atoms with van der Waals surface area (Å²) in [5.41, 5.74) is 2.56. The van der Waals surface area contributed by atoms with Gasteiger partial charge in [0.15, 0.2) is 0 Å². The van der Waals surface area contributed by atoms with Crippen molar-refractivity contribution < 1.29 is 14.6 Å². The van der Waals surface area contributed by atoms with Gasteiger partial charge in [0, 0.05) is 23.1 Å². The number of hydrogen-bond acceptors (Lipinski definition) is 3. The van der Waals surface area contributed by atoms with Gasteiger partial charge >= 0.3 is 0 Å². The summed E-state index contributed by atoms with van der Waals surface area (Å²) in [5.74, 6) is -0.000741. The van der Waals surface area contributed by atoms with Crippen LogP contribution in [-0.2, 0) is 4.74 Å². The molecule has 1 aromatic carbocycles. The number of fused-ring (bicyclic) bond motifs is 1. The molecule has 0 spiro atoms. The Morgan fingerprint density at radius 1 is 1.48 bits per heavy atom. The molecule has 2 atom stereocenters. The highest BCUT2D eigenvalue weighted by Crippen LogP contribution is 2.25. The molecule has 0 saturated carbocycles. The number of nitrogens with one attached hydrogen (secondary N) is 1. The zero-order chi connectivity index (χ0) is 15.0. The largest absolute Gasteiger partial charge is 0.394 e. The van der Waals surface area contributed by atoms with Gasteiger partial charge in [-0.1, -0.05) is 18.2 Å². The number of para-hydroxylation sites is 1. The van der Waals surface area contributed by atoms with E-state index in [0.29, 0.717) is 13.2 Å². The number of aliphatic hydroxyl groups excluding tert-OH is 1. The van der Waals surface area contributed by atoms with Crippen LogP contribution in [0.25, 0.3) is 10.9 Å². The lowest BCUT2D eigenvalue weighted by Crippen LogP contribution is -2.52. The lowest BCUT2D eigenvalue weighted by atomic mass is 10.1. The van der Waals surface area contributed by atoms with Gasteiger partial charge in [0.1, 0.15) is 0 Å². The van der Waals surface area contributed by atoms with E-state index in [4.69, 9.17) is 4.74 Å². The Morgan fingerprint density at radius 2 is 2.24 bits per heavy atom. The average Bonchev–Trinajstić information content (AvgIpc) is 2.83. The van der Waals surface area contributed by atoms with E-state index in [1.165, 1.54) is 0 Å². The van der Waals surface area contributed by atoms with Crippen LogP contribution >= 0.6 is 0 Å². The maximum Gasteiger partial charge on any atom is 0.256 e. The molecule has 5 heteroatoms. The van der Waals surface area contributed by atoms with Crippen LogP contribution in [0.5, 0.6) is 0 Å². The molecule has 2 aromatic rings. The van der Waals surface area contributed by atoms with Crippen LogP contribution in [0.4, 0.5) is 0 Å². The second-order valence-corrected chi connectivity index (χ2v) is 5.62. The van der Waals surface area contributed by atoms with Crippen molar-refractivity contribution >= 4 is 16.8 Å². The molecule has 1 saturated heterocycles. The van der Waals surface area contributed by atoms with Crippen LogP contribution in [0.3, 0.4) is 0 Å². The average molecular weight is 288 g/mol. The lowest BCUT2D eigenvalue weighted by Gasteiger charge is -2.37. The van der Waals surface area contributed by atoms with Crippen molar-refractivity contribution in [2.75, 3.05) is 19.8 Å². The molecule has 21 heavy (non-hydrogen) atoms. The molecule has 1 aliphatic rings. The molecule has 1 aliphatic heterocycles. The van der Waals surface area contributed by atoms with Crippen molar-refractivity contribution in [2.24, 2.45) is 0 Å². The molecule has 0 aliphatic carbocycles. The third-order valence-corrected chi connectivity index (χ3v) is 4.08. The number of aryl methyl sites for hydroxylation is 1. The Morgan fingerprint density at radius 3 is 3.00 bits per heavy atom. The first-order valence-corrected chi connectivity index (χ1v) is 7.22. The first-order chi connectivity index (χ1) is 10.1. The molecule has 3 rings (SSSR count). The second-order valence-electron chi connectivity index (χ2n) is 5.62. The smallest absolute Gasteiger partial charge is 0.256 e. The summed E-state index contributed by atoms with van der Waals surface area (Å²) in [5, 5.41) is 10.2. The van der Waals surface area contributed by atoms with E-state index in [9.17, 15) is 9.90 Å². The molecule has 2 unspecified atom stereocenters. The minimum absolute atomic E-state index is 0.000741. The lowest BCUT2D eigenvalue weighted by molar-refractivity contribution is -0.0667. The number of aromatic amines is 1. The zero-order valence-corrected chi connectivity index (χ0v) is 12.3. The number of benzene rings is 1. The van der Waals surface area contributed by atoms with Crippen LogP contribution in [-0.4, -0.2) is 52.8 Å². The van der Waals surface area contributed by atoms with Crippen LogP contribution < -0.4 is 0 Å². The van der Waals surface area contributed by atoms with E-state index in [1.807, 2.05) is 38.1 Å². The molecule has 1 aromatic heterocycles. The quantitative estimate of drug-likeness (QED) is 0.884. The maximum absolute atomic E-state index is 12.9. The molecule has 112 valence electrons. The molecule has 2 heterocycles. The van der Waals surface area contributed by atoms with Crippen molar-refractivity contribution in [1.29, 1.82) is 0 Å². The SMILES string of the molecule is Cc1[nH]c2ccccc2c1C(=O)N1CC(CO)OCC1C. The predicted octanol–water partition coefficient (Wildman–Crippen LogP) is 1.70. The first kappa shape index (κ1) is 14.1. The topological polar surface area (TPSA) is 65.6 Å². The Hall–Kier alpha value is -1.85. The van der Waals surface area contributed by atoms with Gasteiger partial charge in [-0.05, 0) is 19.9 Å². The highest BCUT2D eigenvalue weighted by atomic mass is 16.5. The van der Waals surface area contributed by atoms with Gasteiger partial charge in [0.2, 0.25) is 0 Å². The fourth-order valence-electron chi connectivity index (χ4n) is 2.91.